The van der Waals surface area contributed by atoms with Gasteiger partial charge in [-0.2, -0.15) is 5.10 Å². The summed E-state index contributed by atoms with van der Waals surface area (Å²) in [5.41, 5.74) is 5.83. The largest absolute Gasteiger partial charge is 0.273 e. The van der Waals surface area contributed by atoms with E-state index in [0.717, 1.165) is 6.26 Å². The van der Waals surface area contributed by atoms with Gasteiger partial charge >= 0.3 is 0 Å². The van der Waals surface area contributed by atoms with Crippen LogP contribution in [-0.2, 0) is 16.3 Å². The molecule has 10 heteroatoms. The Kier molecular flexibility index (Phi) is 5.74. The fourth-order valence-corrected chi connectivity index (χ4v) is 3.32. The molecule has 2 N–H and O–H groups in total. The van der Waals surface area contributed by atoms with E-state index in [2.05, 4.69) is 20.9 Å². The Balaban J connectivity index is 1.71. The zero-order valence-electron chi connectivity index (χ0n) is 15.8. The number of nitrogens with one attached hydrogen (secondary N) is 2. The summed E-state index contributed by atoms with van der Waals surface area (Å²) in [7, 11) is -3.35. The molecule has 29 heavy (non-hydrogen) atoms. The first-order chi connectivity index (χ1) is 13.8. The summed E-state index contributed by atoms with van der Waals surface area (Å²) in [6, 6.07) is 10.8. The van der Waals surface area contributed by atoms with Crippen LogP contribution in [0.15, 0.2) is 59.8 Å². The molecule has 0 saturated carbocycles. The van der Waals surface area contributed by atoms with Crippen LogP contribution in [0.4, 0.5) is 0 Å². The highest BCUT2D eigenvalue weighted by Crippen LogP contribution is 2.14. The maximum atomic E-state index is 12.5. The Hall–Kier alpha value is -3.53. The van der Waals surface area contributed by atoms with Gasteiger partial charge in [-0.1, -0.05) is 13.0 Å². The number of hydrazine groups is 1. The third-order valence-corrected chi connectivity index (χ3v) is 5.28. The summed E-state index contributed by atoms with van der Waals surface area (Å²) in [4.78, 5) is 29.1. The van der Waals surface area contributed by atoms with Crippen molar-refractivity contribution in [1.82, 2.24) is 25.6 Å². The Morgan fingerprint density at radius 1 is 1.03 bits per heavy atom. The SMILES string of the molecule is CCc1c(C(=O)NNC(=O)c2ccc(S(C)(=O)=O)cc2)cnn1-c1ccccn1. The van der Waals surface area contributed by atoms with Gasteiger partial charge in [-0.15, -0.1) is 0 Å². The van der Waals surface area contributed by atoms with Gasteiger partial charge in [-0.05, 0) is 42.8 Å². The Morgan fingerprint density at radius 2 is 1.72 bits per heavy atom. The predicted octanol–water partition coefficient (Wildman–Crippen LogP) is 1.31. The molecule has 1 aromatic carbocycles. The average Bonchev–Trinajstić information content (AvgIpc) is 3.16. The Labute approximate surface area is 167 Å². The van der Waals surface area contributed by atoms with E-state index < -0.39 is 21.7 Å². The van der Waals surface area contributed by atoms with Gasteiger partial charge in [0.15, 0.2) is 15.7 Å². The molecule has 0 unspecified atom stereocenters. The van der Waals surface area contributed by atoms with Crippen molar-refractivity contribution < 1.29 is 18.0 Å². The zero-order valence-corrected chi connectivity index (χ0v) is 16.6. The van der Waals surface area contributed by atoms with Crippen LogP contribution in [0.5, 0.6) is 0 Å². The quantitative estimate of drug-likeness (QED) is 0.608. The van der Waals surface area contributed by atoms with Crippen molar-refractivity contribution in [2.24, 2.45) is 0 Å². The smallest absolute Gasteiger partial charge is 0.267 e. The molecule has 0 atom stereocenters. The van der Waals surface area contributed by atoms with Crippen molar-refractivity contribution >= 4 is 21.7 Å². The first-order valence-electron chi connectivity index (χ1n) is 8.70. The van der Waals surface area contributed by atoms with Crippen molar-refractivity contribution in [3.8, 4) is 5.82 Å². The van der Waals surface area contributed by atoms with Crippen LogP contribution >= 0.6 is 0 Å². The number of nitrogens with zero attached hydrogens (tertiary/aromatic N) is 3. The molecule has 2 aromatic heterocycles. The minimum absolute atomic E-state index is 0.104. The molecule has 2 amide bonds. The monoisotopic (exact) mass is 413 g/mol. The molecular formula is C19H19N5O4S. The fourth-order valence-electron chi connectivity index (χ4n) is 2.69. The number of sulfone groups is 1. The van der Waals surface area contributed by atoms with E-state index >= 15 is 0 Å². The van der Waals surface area contributed by atoms with Crippen molar-refractivity contribution in [1.29, 1.82) is 0 Å². The normalized spacial score (nSPS) is 11.1. The number of hydrogen-bond acceptors (Lipinski definition) is 6. The molecule has 0 aliphatic rings. The lowest BCUT2D eigenvalue weighted by molar-refractivity contribution is 0.0846. The lowest BCUT2D eigenvalue weighted by Crippen LogP contribution is -2.41. The van der Waals surface area contributed by atoms with Gasteiger partial charge in [-0.3, -0.25) is 20.4 Å². The summed E-state index contributed by atoms with van der Waals surface area (Å²) in [5.74, 6) is -0.517. The molecule has 3 rings (SSSR count). The number of rotatable bonds is 5. The van der Waals surface area contributed by atoms with E-state index in [0.29, 0.717) is 23.5 Å². The van der Waals surface area contributed by atoms with Crippen molar-refractivity contribution in [3.63, 3.8) is 0 Å². The molecule has 0 aliphatic carbocycles. The van der Waals surface area contributed by atoms with Crippen LogP contribution in [0.2, 0.25) is 0 Å². The topological polar surface area (TPSA) is 123 Å². The molecule has 150 valence electrons. The lowest BCUT2D eigenvalue weighted by Gasteiger charge is -2.09. The standard InChI is InChI=1S/C19H19N5O4S/c1-3-16-15(12-21-24(16)17-6-4-5-11-20-17)19(26)23-22-18(25)13-7-9-14(10-8-13)29(2,27)28/h4-12H,3H2,1-2H3,(H,22,25)(H,23,26). The number of aromatic nitrogens is 3. The van der Waals surface area contributed by atoms with Crippen LogP contribution in [0.1, 0.15) is 33.3 Å². The lowest BCUT2D eigenvalue weighted by atomic mass is 10.2. The van der Waals surface area contributed by atoms with E-state index in [4.69, 9.17) is 0 Å². The molecule has 0 aliphatic heterocycles. The molecule has 9 nitrogen and oxygen atoms in total. The number of amides is 2. The highest BCUT2D eigenvalue weighted by molar-refractivity contribution is 7.90. The first-order valence-corrected chi connectivity index (χ1v) is 10.6. The number of carbonyl (C=O) groups excluding carboxylic acids is 2. The van der Waals surface area contributed by atoms with Crippen LogP contribution in [0.3, 0.4) is 0 Å². The van der Waals surface area contributed by atoms with Crippen LogP contribution < -0.4 is 10.9 Å². The summed E-state index contributed by atoms with van der Waals surface area (Å²) < 4.78 is 24.5. The highest BCUT2D eigenvalue weighted by Gasteiger charge is 2.18. The third-order valence-electron chi connectivity index (χ3n) is 4.15. The van der Waals surface area contributed by atoms with E-state index in [-0.39, 0.29) is 10.5 Å². The summed E-state index contributed by atoms with van der Waals surface area (Å²) in [5, 5.41) is 4.22. The van der Waals surface area contributed by atoms with Gasteiger partial charge in [0.2, 0.25) is 0 Å². The number of benzene rings is 1. The molecule has 0 fully saturated rings. The number of hydrogen-bond donors (Lipinski definition) is 2. The van der Waals surface area contributed by atoms with Gasteiger partial charge in [0.25, 0.3) is 11.8 Å². The van der Waals surface area contributed by atoms with Crippen LogP contribution in [-0.4, -0.2) is 41.3 Å². The molecule has 0 bridgehead atoms. The second kappa shape index (κ2) is 8.23. The molecule has 0 radical (unpaired) electrons. The maximum absolute atomic E-state index is 12.5. The van der Waals surface area contributed by atoms with Gasteiger partial charge in [0.1, 0.15) is 0 Å². The van der Waals surface area contributed by atoms with Crippen molar-refractivity contribution in [3.05, 3.63) is 71.7 Å². The summed E-state index contributed by atoms with van der Waals surface area (Å²) in [6.45, 7) is 1.88. The number of pyridine rings is 1. The second-order valence-electron chi connectivity index (χ2n) is 6.16. The molecule has 0 saturated heterocycles. The fraction of sp³-hybridized carbons (Fsp3) is 0.158. The predicted molar refractivity (Wildman–Crippen MR) is 105 cm³/mol. The molecule has 2 heterocycles. The Bertz CT molecular complexity index is 1140. The minimum atomic E-state index is -3.35. The van der Waals surface area contributed by atoms with Gasteiger partial charge in [0.05, 0.1) is 22.3 Å². The van der Waals surface area contributed by atoms with Crippen LogP contribution in [0.25, 0.3) is 5.82 Å². The highest BCUT2D eigenvalue weighted by atomic mass is 32.2. The van der Waals surface area contributed by atoms with Gasteiger partial charge in [0, 0.05) is 18.0 Å². The zero-order chi connectivity index (χ0) is 21.0. The van der Waals surface area contributed by atoms with E-state index in [1.165, 1.54) is 30.5 Å². The first kappa shape index (κ1) is 20.2. The third kappa shape index (κ3) is 4.49. The van der Waals surface area contributed by atoms with Crippen molar-refractivity contribution in [2.75, 3.05) is 6.26 Å². The second-order valence-corrected chi connectivity index (χ2v) is 8.18. The molecule has 3 aromatic rings. The average molecular weight is 413 g/mol. The summed E-state index contributed by atoms with van der Waals surface area (Å²) in [6.07, 6.45) is 4.65. The molecule has 0 spiro atoms. The van der Waals surface area contributed by atoms with Gasteiger partial charge in [-0.25, -0.2) is 18.1 Å². The van der Waals surface area contributed by atoms with E-state index in [1.807, 2.05) is 13.0 Å². The van der Waals surface area contributed by atoms with Crippen molar-refractivity contribution in [2.45, 2.75) is 18.2 Å². The van der Waals surface area contributed by atoms with Crippen LogP contribution in [0, 0.1) is 0 Å². The van der Waals surface area contributed by atoms with Gasteiger partial charge < -0.3 is 0 Å². The number of carbonyl (C=O) groups is 2. The maximum Gasteiger partial charge on any atom is 0.273 e. The van der Waals surface area contributed by atoms with E-state index in [1.54, 1.807) is 23.0 Å². The van der Waals surface area contributed by atoms with E-state index in [9.17, 15) is 18.0 Å². The Morgan fingerprint density at radius 3 is 2.31 bits per heavy atom. The summed E-state index contributed by atoms with van der Waals surface area (Å²) >= 11 is 0. The minimum Gasteiger partial charge on any atom is -0.267 e. The molecular weight excluding hydrogens is 394 g/mol.